The van der Waals surface area contributed by atoms with Gasteiger partial charge in [0.1, 0.15) is 17.3 Å². The number of aromatic nitrogens is 2. The first-order chi connectivity index (χ1) is 14.1. The summed E-state index contributed by atoms with van der Waals surface area (Å²) in [5.74, 6) is -3.06. The summed E-state index contributed by atoms with van der Waals surface area (Å²) in [4.78, 5) is 5.59. The average Bonchev–Trinajstić information content (AvgIpc) is 3.11. The highest BCUT2D eigenvalue weighted by Gasteiger charge is 2.37. The quantitative estimate of drug-likeness (QED) is 0.551. The summed E-state index contributed by atoms with van der Waals surface area (Å²) in [5.41, 5.74) is 5.69. The molecule has 2 aromatic rings. The molecule has 166 valence electrons. The number of nitrogens with zero attached hydrogens (tertiary/aromatic N) is 3. The van der Waals surface area contributed by atoms with Gasteiger partial charge < -0.3 is 15.2 Å². The molecule has 0 radical (unpaired) electrons. The van der Waals surface area contributed by atoms with Crippen LogP contribution in [0.3, 0.4) is 0 Å². The Hall–Kier alpha value is -2.49. The molecular weight excluding hydrogens is 410 g/mol. The van der Waals surface area contributed by atoms with Crippen molar-refractivity contribution in [3.63, 3.8) is 0 Å². The van der Waals surface area contributed by atoms with Crippen molar-refractivity contribution in [2.75, 3.05) is 6.54 Å². The van der Waals surface area contributed by atoms with E-state index in [0.717, 1.165) is 16.8 Å². The van der Waals surface area contributed by atoms with Gasteiger partial charge in [-0.2, -0.15) is 13.2 Å². The van der Waals surface area contributed by atoms with Crippen molar-refractivity contribution in [2.24, 2.45) is 5.73 Å². The minimum Gasteiger partial charge on any atom is -0.366 e. The van der Waals surface area contributed by atoms with Crippen LogP contribution in [-0.2, 0) is 25.7 Å². The lowest BCUT2D eigenvalue weighted by molar-refractivity contribution is -0.144. The van der Waals surface area contributed by atoms with E-state index in [2.05, 4.69) is 11.6 Å². The summed E-state index contributed by atoms with van der Waals surface area (Å²) < 4.78 is 80.0. The van der Waals surface area contributed by atoms with E-state index in [1.54, 1.807) is 4.90 Å². The molecule has 2 heterocycles. The molecule has 1 atom stereocenters. The Kier molecular flexibility index (Phi) is 7.57. The van der Waals surface area contributed by atoms with Crippen LogP contribution in [-0.4, -0.2) is 27.0 Å². The van der Waals surface area contributed by atoms with Crippen molar-refractivity contribution in [3.05, 3.63) is 65.1 Å². The van der Waals surface area contributed by atoms with E-state index in [0.29, 0.717) is 11.8 Å². The van der Waals surface area contributed by atoms with Gasteiger partial charge in [-0.1, -0.05) is 20.4 Å². The molecule has 1 aromatic carbocycles. The van der Waals surface area contributed by atoms with E-state index in [4.69, 9.17) is 5.73 Å². The van der Waals surface area contributed by atoms with Crippen LogP contribution in [0.4, 0.5) is 26.3 Å². The van der Waals surface area contributed by atoms with Gasteiger partial charge in [0, 0.05) is 37.3 Å². The van der Waals surface area contributed by atoms with Crippen molar-refractivity contribution in [2.45, 2.75) is 52.0 Å². The predicted molar refractivity (Wildman–Crippen MR) is 101 cm³/mol. The van der Waals surface area contributed by atoms with Crippen LogP contribution in [0.25, 0.3) is 0 Å². The Bertz CT molecular complexity index is 890. The maximum Gasteiger partial charge on any atom is 0.433 e. The highest BCUT2D eigenvalue weighted by atomic mass is 19.4. The maximum absolute atomic E-state index is 13.7. The topological polar surface area (TPSA) is 47.1 Å². The van der Waals surface area contributed by atoms with E-state index >= 15 is 0 Å². The second-order valence-electron chi connectivity index (χ2n) is 6.72. The molecule has 0 bridgehead atoms. The number of halogens is 6. The molecule has 1 aliphatic rings. The maximum atomic E-state index is 13.7. The van der Waals surface area contributed by atoms with Crippen LogP contribution in [0.1, 0.15) is 37.4 Å². The first-order valence-corrected chi connectivity index (χ1v) is 9.49. The number of hydrogen-bond acceptors (Lipinski definition) is 3. The van der Waals surface area contributed by atoms with Gasteiger partial charge in [-0.25, -0.2) is 18.2 Å². The van der Waals surface area contributed by atoms with Crippen LogP contribution in [0.5, 0.6) is 0 Å². The van der Waals surface area contributed by atoms with Crippen molar-refractivity contribution in [3.8, 4) is 0 Å². The van der Waals surface area contributed by atoms with Gasteiger partial charge in [0.25, 0.3) is 0 Å². The van der Waals surface area contributed by atoms with Gasteiger partial charge in [0.05, 0.1) is 12.7 Å². The third-order valence-corrected chi connectivity index (χ3v) is 4.67. The molecule has 0 spiro atoms. The Balaban J connectivity index is 0.00000155. The Morgan fingerprint density at radius 3 is 2.40 bits per heavy atom. The van der Waals surface area contributed by atoms with Crippen LogP contribution >= 0.6 is 0 Å². The molecule has 0 amide bonds. The minimum atomic E-state index is -4.47. The fourth-order valence-corrected chi connectivity index (χ4v) is 3.26. The Morgan fingerprint density at radius 1 is 1.13 bits per heavy atom. The predicted octanol–water partition coefficient (Wildman–Crippen LogP) is 4.63. The van der Waals surface area contributed by atoms with Crippen LogP contribution < -0.4 is 5.73 Å². The number of hydrogen-bond donors (Lipinski definition) is 1. The molecule has 1 unspecified atom stereocenters. The Labute approximate surface area is 171 Å². The third kappa shape index (κ3) is 5.35. The highest BCUT2D eigenvalue weighted by Crippen LogP contribution is 2.32. The number of nitrogens with two attached hydrogens (primary N) is 1. The zero-order chi connectivity index (χ0) is 22.6. The summed E-state index contributed by atoms with van der Waals surface area (Å²) in [5, 5.41) is 0. The lowest BCUT2D eigenvalue weighted by Crippen LogP contribution is -2.36. The fraction of sp³-hybridized carbons (Fsp3) is 0.450. The van der Waals surface area contributed by atoms with E-state index in [9.17, 15) is 26.3 Å². The second-order valence-corrected chi connectivity index (χ2v) is 6.72. The fourth-order valence-electron chi connectivity index (χ4n) is 3.26. The zero-order valence-electron chi connectivity index (χ0n) is 16.7. The second kappa shape index (κ2) is 9.55. The largest absolute Gasteiger partial charge is 0.433 e. The SMILES string of the molecule is C=C(CC(N)Cc1cc(F)c(F)cc1F)N1CCn2c(C(F)(F)F)cnc2C1.CC. The molecule has 3 rings (SSSR count). The van der Waals surface area contributed by atoms with Crippen LogP contribution in [0.15, 0.2) is 30.6 Å². The van der Waals surface area contributed by atoms with E-state index in [1.165, 1.54) is 0 Å². The first-order valence-electron chi connectivity index (χ1n) is 9.49. The van der Waals surface area contributed by atoms with Gasteiger partial charge in [-0.15, -0.1) is 0 Å². The normalized spacial score (nSPS) is 14.6. The van der Waals surface area contributed by atoms with Gasteiger partial charge in [-0.3, -0.25) is 0 Å². The number of fused-ring (bicyclic) bond motifs is 1. The monoisotopic (exact) mass is 434 g/mol. The molecule has 2 N–H and O–H groups in total. The summed E-state index contributed by atoms with van der Waals surface area (Å²) >= 11 is 0. The van der Waals surface area contributed by atoms with Gasteiger partial charge in [0.2, 0.25) is 0 Å². The van der Waals surface area contributed by atoms with Crippen LogP contribution in [0.2, 0.25) is 0 Å². The van der Waals surface area contributed by atoms with Crippen molar-refractivity contribution >= 4 is 0 Å². The van der Waals surface area contributed by atoms with Gasteiger partial charge >= 0.3 is 6.18 Å². The minimum absolute atomic E-state index is 0.0389. The molecule has 0 fully saturated rings. The number of benzene rings is 1. The molecule has 1 aliphatic heterocycles. The van der Waals surface area contributed by atoms with Gasteiger partial charge in [-0.05, 0) is 18.1 Å². The summed E-state index contributed by atoms with van der Waals surface area (Å²) in [6.45, 7) is 8.42. The molecular formula is C20H24F6N4. The summed E-state index contributed by atoms with van der Waals surface area (Å²) in [6.07, 6.45) is -3.49. The third-order valence-electron chi connectivity index (χ3n) is 4.67. The lowest BCUT2D eigenvalue weighted by Gasteiger charge is -2.33. The zero-order valence-corrected chi connectivity index (χ0v) is 16.7. The average molecular weight is 434 g/mol. The molecule has 0 aliphatic carbocycles. The number of alkyl halides is 3. The van der Waals surface area contributed by atoms with Gasteiger partial charge in [0.15, 0.2) is 11.6 Å². The smallest absolute Gasteiger partial charge is 0.366 e. The number of rotatable bonds is 5. The molecule has 0 saturated heterocycles. The molecule has 4 nitrogen and oxygen atoms in total. The van der Waals surface area contributed by atoms with Crippen molar-refractivity contribution < 1.29 is 26.3 Å². The Morgan fingerprint density at radius 2 is 1.77 bits per heavy atom. The van der Waals surface area contributed by atoms with E-state index in [-0.39, 0.29) is 43.9 Å². The highest BCUT2D eigenvalue weighted by molar-refractivity contribution is 5.21. The van der Waals surface area contributed by atoms with E-state index < -0.39 is 35.4 Å². The summed E-state index contributed by atoms with van der Waals surface area (Å²) in [7, 11) is 0. The van der Waals surface area contributed by atoms with Crippen molar-refractivity contribution in [1.29, 1.82) is 0 Å². The molecule has 0 saturated carbocycles. The molecule has 10 heteroatoms. The standard InChI is InChI=1S/C18H18F6N4.C2H6/c1-10(4-12(25)5-11-6-14(20)15(21)7-13(11)19)27-2-3-28-16(18(22,23)24)8-26-17(28)9-27;1-2/h6-8,12H,1-5,9,25H2;1-2H3. The van der Waals surface area contributed by atoms with E-state index in [1.807, 2.05) is 13.8 Å². The molecule has 1 aromatic heterocycles. The summed E-state index contributed by atoms with van der Waals surface area (Å²) in [6, 6.07) is 0.609. The number of imidazole rings is 1. The lowest BCUT2D eigenvalue weighted by atomic mass is 10.0. The molecule has 30 heavy (non-hydrogen) atoms. The van der Waals surface area contributed by atoms with Crippen LogP contribution in [0, 0.1) is 17.5 Å². The first kappa shape index (κ1) is 23.8. The van der Waals surface area contributed by atoms with Crippen molar-refractivity contribution in [1.82, 2.24) is 14.5 Å².